The molecule has 2 rings (SSSR count). The highest BCUT2D eigenvalue weighted by Crippen LogP contribution is 2.25. The van der Waals surface area contributed by atoms with Gasteiger partial charge in [-0.15, -0.1) is 0 Å². The molecule has 4 nitrogen and oxygen atoms in total. The van der Waals surface area contributed by atoms with Crippen LogP contribution in [0.1, 0.15) is 43.4 Å². The van der Waals surface area contributed by atoms with Gasteiger partial charge >= 0.3 is 0 Å². The summed E-state index contributed by atoms with van der Waals surface area (Å²) in [4.78, 5) is 25.2. The van der Waals surface area contributed by atoms with Crippen LogP contribution in [0.3, 0.4) is 0 Å². The van der Waals surface area contributed by atoms with Crippen LogP contribution in [0.25, 0.3) is 0 Å². The van der Waals surface area contributed by atoms with Crippen molar-refractivity contribution in [1.29, 1.82) is 0 Å². The highest BCUT2D eigenvalue weighted by atomic mass is 16.2. The standard InChI is InChI=1S/C16H18N2O2/c1-12(18-15(19)5-2-6-16(18)20)14-9-7-13(8-10-14)4-3-11-17/h7-10,12H,2,5-6,11,17H2,1H3. The van der Waals surface area contributed by atoms with Gasteiger partial charge in [0.25, 0.3) is 0 Å². The molecule has 104 valence electrons. The van der Waals surface area contributed by atoms with E-state index in [1.54, 1.807) is 0 Å². The summed E-state index contributed by atoms with van der Waals surface area (Å²) in [6.07, 6.45) is 1.57. The van der Waals surface area contributed by atoms with E-state index in [0.717, 1.165) is 11.1 Å². The highest BCUT2D eigenvalue weighted by Gasteiger charge is 2.30. The molecule has 0 saturated carbocycles. The second-order valence-corrected chi connectivity index (χ2v) is 4.81. The summed E-state index contributed by atoms with van der Waals surface area (Å²) < 4.78 is 0. The first-order valence-electron chi connectivity index (χ1n) is 6.77. The van der Waals surface area contributed by atoms with Crippen LogP contribution in [-0.2, 0) is 9.59 Å². The van der Waals surface area contributed by atoms with Gasteiger partial charge < -0.3 is 5.73 Å². The summed E-state index contributed by atoms with van der Waals surface area (Å²) in [5.74, 6) is 5.57. The number of nitrogens with zero attached hydrogens (tertiary/aromatic N) is 1. The van der Waals surface area contributed by atoms with Gasteiger partial charge in [0.2, 0.25) is 11.8 Å². The Labute approximate surface area is 118 Å². The minimum atomic E-state index is -0.230. The molecule has 1 saturated heterocycles. The van der Waals surface area contributed by atoms with Crippen LogP contribution in [0.15, 0.2) is 24.3 Å². The van der Waals surface area contributed by atoms with E-state index in [4.69, 9.17) is 5.73 Å². The van der Waals surface area contributed by atoms with Crippen molar-refractivity contribution < 1.29 is 9.59 Å². The van der Waals surface area contributed by atoms with Crippen molar-refractivity contribution >= 4 is 11.8 Å². The van der Waals surface area contributed by atoms with Crippen LogP contribution < -0.4 is 5.73 Å². The number of amides is 2. The SMILES string of the molecule is CC(c1ccc(C#CCN)cc1)N1C(=O)CCCC1=O. The van der Waals surface area contributed by atoms with Crippen LogP contribution in [0, 0.1) is 11.8 Å². The number of likely N-dealkylation sites (tertiary alicyclic amines) is 1. The van der Waals surface area contributed by atoms with Crippen LogP contribution in [0.2, 0.25) is 0 Å². The zero-order valence-corrected chi connectivity index (χ0v) is 11.6. The van der Waals surface area contributed by atoms with Gasteiger partial charge in [-0.1, -0.05) is 24.0 Å². The highest BCUT2D eigenvalue weighted by molar-refractivity contribution is 5.97. The maximum absolute atomic E-state index is 11.9. The van der Waals surface area contributed by atoms with Gasteiger partial charge in [0.1, 0.15) is 0 Å². The molecule has 0 bridgehead atoms. The van der Waals surface area contributed by atoms with Gasteiger partial charge in [-0.2, -0.15) is 0 Å². The molecule has 20 heavy (non-hydrogen) atoms. The Morgan fingerprint density at radius 2 is 1.80 bits per heavy atom. The topological polar surface area (TPSA) is 63.4 Å². The summed E-state index contributed by atoms with van der Waals surface area (Å²) in [6.45, 7) is 2.20. The predicted molar refractivity (Wildman–Crippen MR) is 76.5 cm³/mol. The average Bonchev–Trinajstić information content (AvgIpc) is 2.45. The summed E-state index contributed by atoms with van der Waals surface area (Å²) in [7, 11) is 0. The second-order valence-electron chi connectivity index (χ2n) is 4.81. The molecule has 1 atom stereocenters. The molecule has 1 heterocycles. The number of imide groups is 1. The zero-order valence-electron chi connectivity index (χ0n) is 11.6. The molecule has 1 aromatic carbocycles. The van der Waals surface area contributed by atoms with Gasteiger partial charge in [-0.3, -0.25) is 14.5 Å². The van der Waals surface area contributed by atoms with Crippen LogP contribution in [-0.4, -0.2) is 23.3 Å². The number of hydrogen-bond donors (Lipinski definition) is 1. The molecule has 0 spiro atoms. The Kier molecular flexibility index (Phi) is 4.54. The van der Waals surface area contributed by atoms with Crippen molar-refractivity contribution in [1.82, 2.24) is 4.90 Å². The van der Waals surface area contributed by atoms with E-state index in [2.05, 4.69) is 11.8 Å². The molecule has 2 N–H and O–H groups in total. The maximum atomic E-state index is 11.9. The number of benzene rings is 1. The molecule has 2 amide bonds. The van der Waals surface area contributed by atoms with E-state index < -0.39 is 0 Å². The molecule has 0 aliphatic carbocycles. The Morgan fingerprint density at radius 3 is 2.35 bits per heavy atom. The summed E-state index contributed by atoms with van der Waals surface area (Å²) in [6, 6.07) is 7.34. The van der Waals surface area contributed by atoms with Crippen molar-refractivity contribution in [3.8, 4) is 11.8 Å². The minimum absolute atomic E-state index is 0.0826. The number of carbonyl (C=O) groups is 2. The molecular formula is C16H18N2O2. The van der Waals surface area contributed by atoms with Gasteiger partial charge in [0.15, 0.2) is 0 Å². The third-order valence-corrected chi connectivity index (χ3v) is 3.43. The molecule has 1 aliphatic rings. The lowest BCUT2D eigenvalue weighted by Crippen LogP contribution is -2.41. The number of hydrogen-bond acceptors (Lipinski definition) is 3. The van der Waals surface area contributed by atoms with Gasteiger partial charge in [0, 0.05) is 18.4 Å². The van der Waals surface area contributed by atoms with Gasteiger partial charge in [-0.05, 0) is 31.0 Å². The summed E-state index contributed by atoms with van der Waals surface area (Å²) in [5.41, 5.74) is 7.14. The number of piperidine rings is 1. The lowest BCUT2D eigenvalue weighted by molar-refractivity contribution is -0.150. The number of carbonyl (C=O) groups excluding carboxylic acids is 2. The second kappa shape index (κ2) is 6.36. The smallest absolute Gasteiger partial charge is 0.229 e. The van der Waals surface area contributed by atoms with E-state index >= 15 is 0 Å². The number of nitrogens with two attached hydrogens (primary N) is 1. The van der Waals surface area contributed by atoms with Gasteiger partial charge in [0.05, 0.1) is 12.6 Å². The molecule has 0 aromatic heterocycles. The zero-order chi connectivity index (χ0) is 14.5. The quantitative estimate of drug-likeness (QED) is 0.656. The van der Waals surface area contributed by atoms with Crippen molar-refractivity contribution in [3.63, 3.8) is 0 Å². The third kappa shape index (κ3) is 3.06. The normalized spacial score (nSPS) is 16.6. The van der Waals surface area contributed by atoms with Crippen LogP contribution >= 0.6 is 0 Å². The predicted octanol–water partition coefficient (Wildman–Crippen LogP) is 1.60. The Morgan fingerprint density at radius 1 is 1.20 bits per heavy atom. The maximum Gasteiger partial charge on any atom is 0.229 e. The van der Waals surface area contributed by atoms with Crippen molar-refractivity contribution in [2.75, 3.05) is 6.54 Å². The Hall–Kier alpha value is -2.12. The molecular weight excluding hydrogens is 252 g/mol. The van der Waals surface area contributed by atoms with Crippen molar-refractivity contribution in [2.45, 2.75) is 32.2 Å². The fourth-order valence-corrected chi connectivity index (χ4v) is 2.35. The molecule has 0 radical (unpaired) electrons. The average molecular weight is 270 g/mol. The van der Waals surface area contributed by atoms with E-state index in [9.17, 15) is 9.59 Å². The molecule has 1 unspecified atom stereocenters. The van der Waals surface area contributed by atoms with E-state index in [1.807, 2.05) is 31.2 Å². The van der Waals surface area contributed by atoms with Gasteiger partial charge in [-0.25, -0.2) is 0 Å². The fourth-order valence-electron chi connectivity index (χ4n) is 2.35. The summed E-state index contributed by atoms with van der Waals surface area (Å²) in [5, 5.41) is 0. The van der Waals surface area contributed by atoms with E-state index in [1.165, 1.54) is 4.90 Å². The summed E-state index contributed by atoms with van der Waals surface area (Å²) >= 11 is 0. The molecule has 1 aromatic rings. The number of rotatable bonds is 2. The largest absolute Gasteiger partial charge is 0.320 e. The van der Waals surface area contributed by atoms with E-state index in [-0.39, 0.29) is 17.9 Å². The molecule has 4 heteroatoms. The monoisotopic (exact) mass is 270 g/mol. The van der Waals surface area contributed by atoms with E-state index in [0.29, 0.717) is 25.8 Å². The van der Waals surface area contributed by atoms with Crippen molar-refractivity contribution in [3.05, 3.63) is 35.4 Å². The lowest BCUT2D eigenvalue weighted by atomic mass is 10.0. The molecule has 1 aliphatic heterocycles. The van der Waals surface area contributed by atoms with Crippen LogP contribution in [0.5, 0.6) is 0 Å². The lowest BCUT2D eigenvalue weighted by Gasteiger charge is -2.30. The Bertz CT molecular complexity index is 550. The first kappa shape index (κ1) is 14.3. The molecule has 1 fully saturated rings. The first-order chi connectivity index (χ1) is 9.63. The third-order valence-electron chi connectivity index (χ3n) is 3.43. The minimum Gasteiger partial charge on any atom is -0.320 e. The first-order valence-corrected chi connectivity index (χ1v) is 6.77. The fraction of sp³-hybridized carbons (Fsp3) is 0.375. The van der Waals surface area contributed by atoms with Crippen LogP contribution in [0.4, 0.5) is 0 Å². The Balaban J connectivity index is 2.18. The van der Waals surface area contributed by atoms with Crippen molar-refractivity contribution in [2.24, 2.45) is 5.73 Å².